The minimum absolute atomic E-state index is 0.0380. The highest BCUT2D eigenvalue weighted by Crippen LogP contribution is 2.15. The minimum atomic E-state index is -0.0754. The number of rotatable bonds is 6. The monoisotopic (exact) mass is 350 g/mol. The van der Waals surface area contributed by atoms with Gasteiger partial charge >= 0.3 is 0 Å². The number of nitrogens with one attached hydrogen (secondary N) is 1. The molecule has 0 bridgehead atoms. The molecule has 136 valence electrons. The van der Waals surface area contributed by atoms with Crippen molar-refractivity contribution in [3.05, 3.63) is 77.4 Å². The summed E-state index contributed by atoms with van der Waals surface area (Å²) in [7, 11) is 0. The molecule has 1 saturated heterocycles. The topological polar surface area (TPSA) is 41.6 Å². The highest BCUT2D eigenvalue weighted by molar-refractivity contribution is 5.92. The zero-order valence-corrected chi connectivity index (χ0v) is 15.2. The molecule has 3 rings (SSSR count). The molecule has 1 atom stereocenters. The Morgan fingerprint density at radius 1 is 1.15 bits per heavy atom. The van der Waals surface area contributed by atoms with Crippen molar-refractivity contribution in [2.75, 3.05) is 32.8 Å². The van der Waals surface area contributed by atoms with Crippen molar-refractivity contribution in [2.45, 2.75) is 13.0 Å². The summed E-state index contributed by atoms with van der Waals surface area (Å²) in [5.41, 5.74) is 3.34. The van der Waals surface area contributed by atoms with E-state index in [1.807, 2.05) is 49.4 Å². The van der Waals surface area contributed by atoms with E-state index in [4.69, 9.17) is 4.74 Å². The molecular formula is C22H26N2O2. The molecule has 1 fully saturated rings. The first-order valence-electron chi connectivity index (χ1n) is 9.11. The van der Waals surface area contributed by atoms with Gasteiger partial charge in [-0.3, -0.25) is 9.69 Å². The predicted octanol–water partition coefficient (Wildman–Crippen LogP) is 3.20. The van der Waals surface area contributed by atoms with Crippen molar-refractivity contribution in [1.82, 2.24) is 10.2 Å². The highest BCUT2D eigenvalue weighted by atomic mass is 16.5. The van der Waals surface area contributed by atoms with E-state index in [0.29, 0.717) is 0 Å². The van der Waals surface area contributed by atoms with Crippen molar-refractivity contribution in [1.29, 1.82) is 0 Å². The van der Waals surface area contributed by atoms with Gasteiger partial charge in [0.2, 0.25) is 5.91 Å². The number of carbonyl (C=O) groups is 1. The third-order valence-corrected chi connectivity index (χ3v) is 4.53. The first kappa shape index (κ1) is 18.4. The van der Waals surface area contributed by atoms with Gasteiger partial charge in [0.1, 0.15) is 0 Å². The van der Waals surface area contributed by atoms with E-state index in [-0.39, 0.29) is 11.9 Å². The second kappa shape index (κ2) is 9.32. The molecule has 4 nitrogen and oxygen atoms in total. The molecule has 0 radical (unpaired) electrons. The molecule has 0 aromatic heterocycles. The fourth-order valence-corrected chi connectivity index (χ4v) is 3.13. The van der Waals surface area contributed by atoms with Crippen LogP contribution in [0.5, 0.6) is 0 Å². The summed E-state index contributed by atoms with van der Waals surface area (Å²) in [6.45, 7) is 6.14. The Balaban J connectivity index is 1.67. The highest BCUT2D eigenvalue weighted by Gasteiger charge is 2.19. The van der Waals surface area contributed by atoms with Crippen LogP contribution in [-0.4, -0.2) is 43.7 Å². The van der Waals surface area contributed by atoms with Crippen LogP contribution in [0.1, 0.15) is 22.7 Å². The van der Waals surface area contributed by atoms with Gasteiger partial charge in [0.05, 0.1) is 19.3 Å². The molecule has 1 heterocycles. The maximum Gasteiger partial charge on any atom is 0.244 e. The number of amides is 1. The fourth-order valence-electron chi connectivity index (χ4n) is 3.13. The van der Waals surface area contributed by atoms with Gasteiger partial charge in [-0.05, 0) is 24.1 Å². The number of carbonyl (C=O) groups excluding carboxylic acids is 1. The Kier molecular flexibility index (Phi) is 6.58. The van der Waals surface area contributed by atoms with E-state index >= 15 is 0 Å². The van der Waals surface area contributed by atoms with Crippen LogP contribution in [0.4, 0.5) is 0 Å². The summed E-state index contributed by atoms with van der Waals surface area (Å²) in [6.07, 6.45) is 3.48. The van der Waals surface area contributed by atoms with Crippen LogP contribution in [0.25, 0.3) is 6.08 Å². The third kappa shape index (κ3) is 5.55. The molecule has 4 heteroatoms. The SMILES string of the molecule is Cc1cccc(/C=C/C(=O)NC(CN2CCOCC2)c2ccccc2)c1. The molecule has 26 heavy (non-hydrogen) atoms. The number of ether oxygens (including phenoxy) is 1. The van der Waals surface area contributed by atoms with Crippen LogP contribution in [0.2, 0.25) is 0 Å². The van der Waals surface area contributed by atoms with Crippen LogP contribution in [0.3, 0.4) is 0 Å². The van der Waals surface area contributed by atoms with Crippen molar-refractivity contribution in [2.24, 2.45) is 0 Å². The number of morpholine rings is 1. The Morgan fingerprint density at radius 3 is 2.65 bits per heavy atom. The predicted molar refractivity (Wildman–Crippen MR) is 105 cm³/mol. The Bertz CT molecular complexity index is 737. The van der Waals surface area contributed by atoms with Gasteiger partial charge in [-0.25, -0.2) is 0 Å². The largest absolute Gasteiger partial charge is 0.379 e. The molecule has 1 N–H and O–H groups in total. The van der Waals surface area contributed by atoms with Crippen molar-refractivity contribution in [3.8, 4) is 0 Å². The molecule has 1 amide bonds. The van der Waals surface area contributed by atoms with Gasteiger partial charge in [-0.1, -0.05) is 60.2 Å². The van der Waals surface area contributed by atoms with Crippen molar-refractivity contribution in [3.63, 3.8) is 0 Å². The van der Waals surface area contributed by atoms with E-state index in [2.05, 4.69) is 28.4 Å². The maximum atomic E-state index is 12.5. The molecular weight excluding hydrogens is 324 g/mol. The zero-order valence-electron chi connectivity index (χ0n) is 15.2. The second-order valence-electron chi connectivity index (χ2n) is 6.63. The van der Waals surface area contributed by atoms with Gasteiger partial charge in [0.25, 0.3) is 0 Å². The van der Waals surface area contributed by atoms with Crippen molar-refractivity contribution >= 4 is 12.0 Å². The van der Waals surface area contributed by atoms with Gasteiger partial charge < -0.3 is 10.1 Å². The van der Waals surface area contributed by atoms with Crippen LogP contribution >= 0.6 is 0 Å². The summed E-state index contributed by atoms with van der Waals surface area (Å²) in [5, 5.41) is 3.16. The lowest BCUT2D eigenvalue weighted by Crippen LogP contribution is -2.42. The van der Waals surface area contributed by atoms with Crippen LogP contribution < -0.4 is 5.32 Å². The Morgan fingerprint density at radius 2 is 1.92 bits per heavy atom. The molecule has 0 aliphatic carbocycles. The van der Waals surface area contributed by atoms with Crippen molar-refractivity contribution < 1.29 is 9.53 Å². The summed E-state index contributed by atoms with van der Waals surface area (Å²) >= 11 is 0. The minimum Gasteiger partial charge on any atom is -0.379 e. The summed E-state index contributed by atoms with van der Waals surface area (Å²) < 4.78 is 5.43. The number of nitrogens with zero attached hydrogens (tertiary/aromatic N) is 1. The molecule has 0 saturated carbocycles. The number of benzene rings is 2. The maximum absolute atomic E-state index is 12.5. The standard InChI is InChI=1S/C22H26N2O2/c1-18-6-5-7-19(16-18)10-11-22(25)23-21(20-8-3-2-4-9-20)17-24-12-14-26-15-13-24/h2-11,16,21H,12-15,17H2,1H3,(H,23,25)/b11-10+. The zero-order chi connectivity index (χ0) is 18.2. The third-order valence-electron chi connectivity index (χ3n) is 4.53. The number of aryl methyl sites for hydroxylation is 1. The first-order chi connectivity index (χ1) is 12.7. The van der Waals surface area contributed by atoms with Gasteiger partial charge in [-0.2, -0.15) is 0 Å². The van der Waals surface area contributed by atoms with Crippen LogP contribution in [-0.2, 0) is 9.53 Å². The Hall–Kier alpha value is -2.43. The smallest absolute Gasteiger partial charge is 0.244 e. The molecule has 2 aromatic carbocycles. The number of hydrogen-bond acceptors (Lipinski definition) is 3. The molecule has 1 unspecified atom stereocenters. The van der Waals surface area contributed by atoms with Gasteiger partial charge in [0, 0.05) is 25.7 Å². The summed E-state index contributed by atoms with van der Waals surface area (Å²) in [5.74, 6) is -0.0754. The fraction of sp³-hybridized carbons (Fsp3) is 0.318. The number of hydrogen-bond donors (Lipinski definition) is 1. The summed E-state index contributed by atoms with van der Waals surface area (Å²) in [6, 6.07) is 18.2. The average molecular weight is 350 g/mol. The van der Waals surface area contributed by atoms with E-state index in [9.17, 15) is 4.79 Å². The molecule has 1 aliphatic heterocycles. The van der Waals surface area contributed by atoms with Gasteiger partial charge in [-0.15, -0.1) is 0 Å². The second-order valence-corrected chi connectivity index (χ2v) is 6.63. The van der Waals surface area contributed by atoms with E-state index in [1.165, 1.54) is 5.56 Å². The van der Waals surface area contributed by atoms with Gasteiger partial charge in [0.15, 0.2) is 0 Å². The van der Waals surface area contributed by atoms with E-state index in [0.717, 1.165) is 44.0 Å². The summed E-state index contributed by atoms with van der Waals surface area (Å²) in [4.78, 5) is 14.8. The van der Waals surface area contributed by atoms with E-state index in [1.54, 1.807) is 6.08 Å². The normalized spacial score (nSPS) is 16.5. The molecule has 0 spiro atoms. The quantitative estimate of drug-likeness (QED) is 0.814. The first-order valence-corrected chi connectivity index (χ1v) is 9.11. The van der Waals surface area contributed by atoms with E-state index < -0.39 is 0 Å². The molecule has 2 aromatic rings. The average Bonchev–Trinajstić information content (AvgIpc) is 2.67. The van der Waals surface area contributed by atoms with Crippen LogP contribution in [0.15, 0.2) is 60.7 Å². The lowest BCUT2D eigenvalue weighted by atomic mass is 10.1. The lowest BCUT2D eigenvalue weighted by Gasteiger charge is -2.31. The molecule has 1 aliphatic rings. The Labute approximate surface area is 155 Å². The lowest BCUT2D eigenvalue weighted by molar-refractivity contribution is -0.117. The van der Waals surface area contributed by atoms with Crippen LogP contribution in [0, 0.1) is 6.92 Å².